The van der Waals surface area contributed by atoms with Crippen LogP contribution in [0, 0.1) is 34.9 Å². The van der Waals surface area contributed by atoms with Crippen LogP contribution in [-0.2, 0) is 12.5 Å². The summed E-state index contributed by atoms with van der Waals surface area (Å²) < 4.78 is 122. The quantitative estimate of drug-likeness (QED) is 0.0823. The highest BCUT2D eigenvalue weighted by Crippen LogP contribution is 2.37. The highest BCUT2D eigenvalue weighted by atomic mass is 35.5. The fourth-order valence-electron chi connectivity index (χ4n) is 5.07. The molecule has 0 atom stereocenters. The Morgan fingerprint density at radius 3 is 1.61 bits per heavy atom. The average Bonchev–Trinajstić information content (AvgIpc) is 2.99. The Hall–Kier alpha value is -4.37. The summed E-state index contributed by atoms with van der Waals surface area (Å²) in [5, 5.41) is -0.728. The first-order valence-electron chi connectivity index (χ1n) is 14.3. The summed E-state index contributed by atoms with van der Waals surface area (Å²) in [6.07, 6.45) is -0.878. The molecular formula is C36H25ClF8O. The summed E-state index contributed by atoms with van der Waals surface area (Å²) in [6.45, 7) is 2.01. The molecule has 5 rings (SSSR count). The fourth-order valence-corrected chi connectivity index (χ4v) is 5.18. The van der Waals surface area contributed by atoms with Gasteiger partial charge in [-0.15, -0.1) is 0 Å². The van der Waals surface area contributed by atoms with E-state index in [1.54, 1.807) is 0 Å². The van der Waals surface area contributed by atoms with Gasteiger partial charge in [-0.1, -0.05) is 61.7 Å². The number of halogens is 9. The third-order valence-corrected chi connectivity index (χ3v) is 7.82. The molecule has 0 saturated heterocycles. The third-order valence-electron chi connectivity index (χ3n) is 7.46. The van der Waals surface area contributed by atoms with Crippen LogP contribution in [0.25, 0.3) is 33.4 Å². The van der Waals surface area contributed by atoms with Gasteiger partial charge >= 0.3 is 6.11 Å². The second kappa shape index (κ2) is 13.5. The Morgan fingerprint density at radius 1 is 0.565 bits per heavy atom. The minimum absolute atomic E-state index is 0.0472. The Kier molecular flexibility index (Phi) is 9.72. The van der Waals surface area contributed by atoms with Crippen LogP contribution in [0.1, 0.15) is 37.3 Å². The van der Waals surface area contributed by atoms with E-state index in [9.17, 15) is 26.3 Å². The molecule has 0 N–H and O–H groups in total. The van der Waals surface area contributed by atoms with E-state index in [1.165, 1.54) is 30.3 Å². The molecule has 0 fully saturated rings. The van der Waals surface area contributed by atoms with Crippen LogP contribution in [0.5, 0.6) is 5.75 Å². The van der Waals surface area contributed by atoms with Gasteiger partial charge in [0.15, 0.2) is 0 Å². The van der Waals surface area contributed by atoms with Gasteiger partial charge in [-0.2, -0.15) is 8.78 Å². The molecule has 10 heteroatoms. The molecule has 0 heterocycles. The molecule has 238 valence electrons. The minimum atomic E-state index is -4.10. The zero-order chi connectivity index (χ0) is 33.2. The van der Waals surface area contributed by atoms with Gasteiger partial charge in [-0.05, 0) is 83.6 Å². The zero-order valence-electron chi connectivity index (χ0n) is 24.2. The second-order valence-electron chi connectivity index (χ2n) is 10.7. The summed E-state index contributed by atoms with van der Waals surface area (Å²) in [7, 11) is 0. The fraction of sp³-hybridized carbons (Fsp3) is 0.167. The highest BCUT2D eigenvalue weighted by Gasteiger charge is 2.38. The molecule has 0 unspecified atom stereocenters. The van der Waals surface area contributed by atoms with Crippen LogP contribution in [0.4, 0.5) is 35.1 Å². The van der Waals surface area contributed by atoms with Gasteiger partial charge in [0.2, 0.25) is 0 Å². The van der Waals surface area contributed by atoms with Crippen molar-refractivity contribution in [3.63, 3.8) is 0 Å². The zero-order valence-corrected chi connectivity index (χ0v) is 25.0. The first-order valence-corrected chi connectivity index (χ1v) is 14.7. The first kappa shape index (κ1) is 33.0. The molecule has 0 bridgehead atoms. The number of aryl methyl sites for hydroxylation is 1. The number of benzene rings is 5. The maximum absolute atomic E-state index is 15.2. The van der Waals surface area contributed by atoms with E-state index < -0.39 is 57.3 Å². The summed E-state index contributed by atoms with van der Waals surface area (Å²) in [6, 6.07) is 15.1. The van der Waals surface area contributed by atoms with Crippen LogP contribution in [-0.4, -0.2) is 0 Å². The van der Waals surface area contributed by atoms with Crippen molar-refractivity contribution in [2.45, 2.75) is 38.7 Å². The number of ether oxygens (including phenoxy) is 1. The van der Waals surface area contributed by atoms with Crippen LogP contribution in [0.3, 0.4) is 0 Å². The topological polar surface area (TPSA) is 9.23 Å². The Morgan fingerprint density at radius 2 is 1.09 bits per heavy atom. The molecular weight excluding hydrogens is 636 g/mol. The largest absolute Gasteiger partial charge is 0.429 e. The Bertz CT molecular complexity index is 1880. The van der Waals surface area contributed by atoms with Crippen molar-refractivity contribution in [2.75, 3.05) is 0 Å². The van der Waals surface area contributed by atoms with Crippen molar-refractivity contribution in [1.82, 2.24) is 0 Å². The van der Waals surface area contributed by atoms with Gasteiger partial charge in [0.25, 0.3) is 0 Å². The normalized spacial score (nSPS) is 11.6. The molecule has 5 aromatic rings. The lowest BCUT2D eigenvalue weighted by Gasteiger charge is -2.20. The lowest BCUT2D eigenvalue weighted by atomic mass is 9.97. The molecule has 1 nitrogen and oxygen atoms in total. The molecule has 0 aromatic heterocycles. The van der Waals surface area contributed by atoms with Crippen molar-refractivity contribution < 1.29 is 39.9 Å². The molecule has 0 radical (unpaired) electrons. The lowest BCUT2D eigenvalue weighted by molar-refractivity contribution is -0.187. The van der Waals surface area contributed by atoms with Crippen molar-refractivity contribution in [3.05, 3.63) is 136 Å². The van der Waals surface area contributed by atoms with Gasteiger partial charge in [0, 0.05) is 22.8 Å². The van der Waals surface area contributed by atoms with Gasteiger partial charge in [0.05, 0.1) is 5.56 Å². The van der Waals surface area contributed by atoms with E-state index >= 15 is 8.78 Å². The van der Waals surface area contributed by atoms with Crippen LogP contribution in [0.2, 0.25) is 5.02 Å². The molecule has 46 heavy (non-hydrogen) atoms. The monoisotopic (exact) mass is 660 g/mol. The predicted octanol–water partition coefficient (Wildman–Crippen LogP) is 12.0. The van der Waals surface area contributed by atoms with E-state index in [1.807, 2.05) is 6.92 Å². The van der Waals surface area contributed by atoms with Gasteiger partial charge in [0.1, 0.15) is 45.7 Å². The predicted molar refractivity (Wildman–Crippen MR) is 162 cm³/mol. The maximum atomic E-state index is 15.2. The number of hydrogen-bond donors (Lipinski definition) is 0. The van der Waals surface area contributed by atoms with Crippen molar-refractivity contribution in [1.29, 1.82) is 0 Å². The maximum Gasteiger partial charge on any atom is 0.429 e. The molecule has 0 aliphatic rings. The molecule has 0 saturated carbocycles. The van der Waals surface area contributed by atoms with Crippen molar-refractivity contribution in [3.8, 4) is 39.1 Å². The molecule has 5 aromatic carbocycles. The molecule has 0 amide bonds. The van der Waals surface area contributed by atoms with E-state index in [4.69, 9.17) is 11.6 Å². The van der Waals surface area contributed by atoms with Crippen LogP contribution >= 0.6 is 11.6 Å². The van der Waals surface area contributed by atoms with Crippen molar-refractivity contribution >= 4 is 11.6 Å². The molecule has 0 aliphatic heterocycles. The van der Waals surface area contributed by atoms with Crippen LogP contribution in [0.15, 0.2) is 84.9 Å². The SMILES string of the molecule is CCCCCc1ccc(C(F)(F)Oc2ccc(-c3ccc(-c4ccc(-c5cc(F)c(Cl)c(F)c5)c(F)c4)c(F)c3)c(F)c2)c(F)c1. The second-order valence-corrected chi connectivity index (χ2v) is 11.1. The van der Waals surface area contributed by atoms with E-state index in [0.717, 1.165) is 67.8 Å². The van der Waals surface area contributed by atoms with E-state index in [0.29, 0.717) is 18.1 Å². The summed E-state index contributed by atoms with van der Waals surface area (Å²) >= 11 is 5.49. The minimum Gasteiger partial charge on any atom is -0.429 e. The number of unbranched alkanes of at least 4 members (excludes halogenated alkanes) is 2. The van der Waals surface area contributed by atoms with Crippen LogP contribution < -0.4 is 4.74 Å². The highest BCUT2D eigenvalue weighted by molar-refractivity contribution is 6.31. The smallest absolute Gasteiger partial charge is 0.429 e. The first-order chi connectivity index (χ1) is 21.9. The number of hydrogen-bond acceptors (Lipinski definition) is 1. The summed E-state index contributed by atoms with van der Waals surface area (Å²) in [4.78, 5) is 0. The lowest BCUT2D eigenvalue weighted by Crippen LogP contribution is -2.23. The van der Waals surface area contributed by atoms with E-state index in [2.05, 4.69) is 4.74 Å². The average molecular weight is 661 g/mol. The Balaban J connectivity index is 1.34. The molecule has 0 aliphatic carbocycles. The molecule has 0 spiro atoms. The van der Waals surface area contributed by atoms with Crippen molar-refractivity contribution in [2.24, 2.45) is 0 Å². The van der Waals surface area contributed by atoms with Gasteiger partial charge in [-0.3, -0.25) is 0 Å². The number of rotatable bonds is 10. The Labute approximate surface area is 265 Å². The van der Waals surface area contributed by atoms with Gasteiger partial charge < -0.3 is 4.74 Å². The number of alkyl halides is 2. The summed E-state index contributed by atoms with van der Waals surface area (Å²) in [5.74, 6) is -6.61. The standard InChI is InChI=1S/C36H25ClF8O/c1-2-3-4-5-20-6-13-28(32(41)14-20)36(44,45)46-24-9-12-26(31(40)19-24)22-7-10-25(29(38)15-22)21-8-11-27(30(39)16-21)23-17-33(42)35(37)34(43)18-23/h6-19H,2-5H2,1H3. The van der Waals surface area contributed by atoms with E-state index in [-0.39, 0.29) is 33.4 Å². The third kappa shape index (κ3) is 7.04. The summed E-state index contributed by atoms with van der Waals surface area (Å²) in [5.41, 5.74) is -0.733. The van der Waals surface area contributed by atoms with Gasteiger partial charge in [-0.25, -0.2) is 26.3 Å².